The lowest BCUT2D eigenvalue weighted by atomic mass is 10.0. The van der Waals surface area contributed by atoms with E-state index in [0.717, 1.165) is 0 Å². The Morgan fingerprint density at radius 3 is 2.00 bits per heavy atom. The van der Waals surface area contributed by atoms with Gasteiger partial charge >= 0.3 is 5.97 Å². The Hall–Kier alpha value is -0.570. The lowest BCUT2D eigenvalue weighted by Gasteiger charge is -2.15. The van der Waals surface area contributed by atoms with Gasteiger partial charge in [0, 0.05) is 0 Å². The molecule has 0 radical (unpaired) electrons. The van der Waals surface area contributed by atoms with Crippen molar-refractivity contribution in [3.8, 4) is 0 Å². The van der Waals surface area contributed by atoms with Crippen LogP contribution in [0.15, 0.2) is 0 Å². The summed E-state index contributed by atoms with van der Waals surface area (Å²) in [5.74, 6) is -1.80. The summed E-state index contributed by atoms with van der Waals surface area (Å²) in [5, 5.41) is 8.45. The first-order valence-electron chi connectivity index (χ1n) is 2.88. The molecule has 0 aromatic carbocycles. The van der Waals surface area contributed by atoms with Gasteiger partial charge in [-0.15, -0.1) is 0 Å². The third kappa shape index (κ3) is 1.48. The van der Waals surface area contributed by atoms with Crippen molar-refractivity contribution in [3.63, 3.8) is 0 Å². The summed E-state index contributed by atoms with van der Waals surface area (Å²) < 4.78 is 0. The van der Waals surface area contributed by atoms with Gasteiger partial charge in [-0.1, -0.05) is 18.5 Å². The fourth-order valence-electron chi connectivity index (χ4n) is 0.551. The molecule has 0 aliphatic heterocycles. The predicted octanol–water partition coefficient (Wildman–Crippen LogP) is 1.05. The number of carboxylic acid groups (broad SMARTS) is 1. The molecule has 1 N–H and O–H groups in total. The van der Waals surface area contributed by atoms with Crippen LogP contribution in [0.4, 0.5) is 0 Å². The van der Waals surface area contributed by atoms with Gasteiger partial charge in [0.25, 0.3) is 0 Å². The van der Waals surface area contributed by atoms with Gasteiger partial charge in [0.15, 0.2) is 10.7 Å². The SMILES string of the molecule is CCC(Cl)(C(C)=O)C(=O)O. The summed E-state index contributed by atoms with van der Waals surface area (Å²) >= 11 is 5.44. The minimum atomic E-state index is -1.71. The number of carbonyl (C=O) groups is 2. The van der Waals surface area contributed by atoms with Crippen molar-refractivity contribution in [3.05, 3.63) is 0 Å². The molecule has 0 amide bonds. The number of ketones is 1. The van der Waals surface area contributed by atoms with E-state index in [1.54, 1.807) is 6.92 Å². The first-order valence-corrected chi connectivity index (χ1v) is 3.26. The van der Waals surface area contributed by atoms with Gasteiger partial charge in [-0.05, 0) is 13.3 Å². The van der Waals surface area contributed by atoms with Crippen LogP contribution in [0.25, 0.3) is 0 Å². The third-order valence-corrected chi connectivity index (χ3v) is 2.08. The van der Waals surface area contributed by atoms with E-state index in [0.29, 0.717) is 0 Å². The third-order valence-electron chi connectivity index (χ3n) is 1.38. The summed E-state index contributed by atoms with van der Waals surface area (Å²) in [7, 11) is 0. The number of Topliss-reactive ketones (excluding diaryl/α,β-unsaturated/α-hetero) is 1. The topological polar surface area (TPSA) is 54.4 Å². The molecule has 10 heavy (non-hydrogen) atoms. The number of hydrogen-bond acceptors (Lipinski definition) is 2. The van der Waals surface area contributed by atoms with Crippen LogP contribution in [0.1, 0.15) is 20.3 Å². The number of alkyl halides is 1. The van der Waals surface area contributed by atoms with Crippen LogP contribution in [-0.2, 0) is 9.59 Å². The molecule has 1 unspecified atom stereocenters. The molecule has 1 atom stereocenters. The molecule has 0 saturated heterocycles. The van der Waals surface area contributed by atoms with Gasteiger partial charge in [0.1, 0.15) is 0 Å². The highest BCUT2D eigenvalue weighted by Crippen LogP contribution is 2.20. The van der Waals surface area contributed by atoms with Crippen molar-refractivity contribution in [1.29, 1.82) is 0 Å². The standard InChI is InChI=1S/C6H9ClO3/c1-3-6(7,4(2)8)5(9)10/h3H2,1-2H3,(H,9,10). The Bertz CT molecular complexity index is 150. The molecule has 0 aliphatic rings. The Kier molecular flexibility index (Phi) is 2.84. The van der Waals surface area contributed by atoms with E-state index in [1.165, 1.54) is 6.92 Å². The zero-order chi connectivity index (χ0) is 8.36. The van der Waals surface area contributed by atoms with Crippen molar-refractivity contribution >= 4 is 23.4 Å². The van der Waals surface area contributed by atoms with E-state index in [9.17, 15) is 9.59 Å². The van der Waals surface area contributed by atoms with E-state index in [2.05, 4.69) is 0 Å². The van der Waals surface area contributed by atoms with E-state index in [4.69, 9.17) is 16.7 Å². The smallest absolute Gasteiger partial charge is 0.332 e. The quantitative estimate of drug-likeness (QED) is 0.501. The van der Waals surface area contributed by atoms with Crippen molar-refractivity contribution in [2.45, 2.75) is 25.1 Å². The zero-order valence-electron chi connectivity index (χ0n) is 5.85. The Balaban J connectivity index is 4.55. The molecule has 4 heteroatoms. The van der Waals surface area contributed by atoms with Crippen LogP contribution in [0.3, 0.4) is 0 Å². The molecule has 0 rings (SSSR count). The van der Waals surface area contributed by atoms with Gasteiger partial charge in [-0.3, -0.25) is 4.79 Å². The Labute approximate surface area is 64.0 Å². The number of halogens is 1. The van der Waals surface area contributed by atoms with Crippen molar-refractivity contribution < 1.29 is 14.7 Å². The minimum Gasteiger partial charge on any atom is -0.480 e. The lowest BCUT2D eigenvalue weighted by molar-refractivity contribution is -0.143. The van der Waals surface area contributed by atoms with Crippen LogP contribution in [0.5, 0.6) is 0 Å². The van der Waals surface area contributed by atoms with E-state index in [-0.39, 0.29) is 6.42 Å². The van der Waals surface area contributed by atoms with Gasteiger partial charge in [-0.2, -0.15) is 0 Å². The predicted molar refractivity (Wildman–Crippen MR) is 37.2 cm³/mol. The normalized spacial score (nSPS) is 15.9. The van der Waals surface area contributed by atoms with Crippen LogP contribution in [-0.4, -0.2) is 21.7 Å². The molecule has 0 spiro atoms. The molecule has 58 valence electrons. The van der Waals surface area contributed by atoms with Gasteiger partial charge in [0.2, 0.25) is 0 Å². The highest BCUT2D eigenvalue weighted by molar-refractivity contribution is 6.45. The molecule has 3 nitrogen and oxygen atoms in total. The lowest BCUT2D eigenvalue weighted by Crippen LogP contribution is -2.38. The van der Waals surface area contributed by atoms with Crippen LogP contribution in [0.2, 0.25) is 0 Å². The highest BCUT2D eigenvalue weighted by Gasteiger charge is 2.39. The average molecular weight is 165 g/mol. The fraction of sp³-hybridized carbons (Fsp3) is 0.667. The Morgan fingerprint density at radius 2 is 2.00 bits per heavy atom. The van der Waals surface area contributed by atoms with Crippen LogP contribution in [0, 0.1) is 0 Å². The first-order chi connectivity index (χ1) is 4.45. The maximum atomic E-state index is 10.6. The maximum Gasteiger partial charge on any atom is 0.332 e. The van der Waals surface area contributed by atoms with Gasteiger partial charge in [0.05, 0.1) is 0 Å². The monoisotopic (exact) mass is 164 g/mol. The second-order valence-corrected chi connectivity index (χ2v) is 2.66. The second-order valence-electron chi connectivity index (χ2n) is 2.02. The number of carboxylic acids is 1. The maximum absolute atomic E-state index is 10.6. The van der Waals surface area contributed by atoms with Crippen molar-refractivity contribution in [2.24, 2.45) is 0 Å². The summed E-state index contributed by atoms with van der Waals surface area (Å²) in [6.07, 6.45) is 0.110. The summed E-state index contributed by atoms with van der Waals surface area (Å²) in [6, 6.07) is 0. The molecule has 0 bridgehead atoms. The molecule has 0 aliphatic carbocycles. The number of hydrogen-bond donors (Lipinski definition) is 1. The van der Waals surface area contributed by atoms with E-state index < -0.39 is 16.6 Å². The average Bonchev–Trinajstić information content (AvgIpc) is 1.85. The highest BCUT2D eigenvalue weighted by atomic mass is 35.5. The van der Waals surface area contributed by atoms with Crippen LogP contribution >= 0.6 is 11.6 Å². The van der Waals surface area contributed by atoms with Gasteiger partial charge in [-0.25, -0.2) is 4.79 Å². The Morgan fingerprint density at radius 1 is 1.60 bits per heavy atom. The molecule has 0 saturated carbocycles. The molecular weight excluding hydrogens is 156 g/mol. The van der Waals surface area contributed by atoms with E-state index >= 15 is 0 Å². The first kappa shape index (κ1) is 9.43. The van der Waals surface area contributed by atoms with Gasteiger partial charge < -0.3 is 5.11 Å². The zero-order valence-corrected chi connectivity index (χ0v) is 6.60. The molecule has 0 aromatic rings. The molecule has 0 fully saturated rings. The molecular formula is C6H9ClO3. The minimum absolute atomic E-state index is 0.110. The van der Waals surface area contributed by atoms with Crippen molar-refractivity contribution in [1.82, 2.24) is 0 Å². The summed E-state index contributed by atoms with van der Waals surface area (Å²) in [5.41, 5.74) is 0. The number of aliphatic carboxylic acids is 1. The van der Waals surface area contributed by atoms with E-state index in [1.807, 2.05) is 0 Å². The summed E-state index contributed by atoms with van der Waals surface area (Å²) in [4.78, 5) is 19.3. The largest absolute Gasteiger partial charge is 0.480 e. The molecule has 0 heterocycles. The number of rotatable bonds is 3. The summed E-state index contributed by atoms with van der Waals surface area (Å²) in [6.45, 7) is 2.73. The van der Waals surface area contributed by atoms with Crippen LogP contribution < -0.4 is 0 Å². The fourth-order valence-corrected chi connectivity index (χ4v) is 0.551. The second kappa shape index (κ2) is 3.01. The number of carbonyl (C=O) groups excluding carboxylic acids is 1. The van der Waals surface area contributed by atoms with Crippen molar-refractivity contribution in [2.75, 3.05) is 0 Å². The molecule has 0 aromatic heterocycles.